The Bertz CT molecular complexity index is 650. The highest BCUT2D eigenvalue weighted by Gasteiger charge is 2.25. The quantitative estimate of drug-likeness (QED) is 0.758. The zero-order valence-electron chi connectivity index (χ0n) is 11.7. The van der Waals surface area contributed by atoms with Crippen molar-refractivity contribution in [3.63, 3.8) is 0 Å². The summed E-state index contributed by atoms with van der Waals surface area (Å²) in [5.74, 6) is 0.902. The number of fused-ring (bicyclic) bond motifs is 3. The van der Waals surface area contributed by atoms with Gasteiger partial charge < -0.3 is 20.4 Å². The second kappa shape index (κ2) is 5.32. The number of hydrogen-bond acceptors (Lipinski definition) is 2. The van der Waals surface area contributed by atoms with E-state index in [1.807, 2.05) is 13.0 Å². The average molecular weight is 289 g/mol. The van der Waals surface area contributed by atoms with E-state index in [2.05, 4.69) is 27.8 Å². The maximum Gasteiger partial charge on any atom is 0.166 e. The molecule has 3 N–H and O–H groups in total. The van der Waals surface area contributed by atoms with Crippen molar-refractivity contribution < 1.29 is 4.74 Å². The summed E-state index contributed by atoms with van der Waals surface area (Å²) in [6.07, 6.45) is 1.98. The Hall–Kier alpha value is -1.75. The fourth-order valence-electron chi connectivity index (χ4n) is 2.88. The zero-order chi connectivity index (χ0) is 14.1. The minimum absolute atomic E-state index is 0.374. The number of benzene rings is 1. The van der Waals surface area contributed by atoms with Crippen molar-refractivity contribution in [1.82, 2.24) is 15.6 Å². The molecule has 0 saturated carbocycles. The number of ether oxygens (including phenoxy) is 1. The van der Waals surface area contributed by atoms with Gasteiger partial charge in [-0.15, -0.1) is 0 Å². The Morgan fingerprint density at radius 2 is 2.30 bits per heavy atom. The molecule has 1 aliphatic rings. The van der Waals surface area contributed by atoms with Crippen LogP contribution in [0.15, 0.2) is 18.2 Å². The molecule has 0 aliphatic heterocycles. The number of nitrogens with one attached hydrogen (secondary N) is 3. The summed E-state index contributed by atoms with van der Waals surface area (Å²) in [5.41, 5.74) is 3.88. The maximum atomic E-state index is 5.31. The molecule has 1 heterocycles. The van der Waals surface area contributed by atoms with E-state index in [4.69, 9.17) is 17.0 Å². The maximum absolute atomic E-state index is 5.31. The summed E-state index contributed by atoms with van der Waals surface area (Å²) in [4.78, 5) is 3.50. The number of methoxy groups -OCH3 is 1. The average Bonchev–Trinajstić information content (AvgIpc) is 2.95. The summed E-state index contributed by atoms with van der Waals surface area (Å²) in [6.45, 7) is 2.90. The van der Waals surface area contributed by atoms with Crippen LogP contribution in [0.1, 0.15) is 18.2 Å². The van der Waals surface area contributed by atoms with Crippen molar-refractivity contribution in [2.75, 3.05) is 13.7 Å². The Balaban J connectivity index is 1.81. The first-order valence-electron chi connectivity index (χ1n) is 6.93. The third kappa shape index (κ3) is 2.33. The van der Waals surface area contributed by atoms with Crippen molar-refractivity contribution in [3.05, 3.63) is 29.5 Å². The molecule has 1 atom stereocenters. The zero-order valence-corrected chi connectivity index (χ0v) is 12.6. The number of H-pyrrole nitrogens is 1. The van der Waals surface area contributed by atoms with Crippen LogP contribution in [0.25, 0.3) is 10.9 Å². The standard InChI is InChI=1S/C15H19N3OS/c1-3-16-15(20)17-9-6-11-12-8-10(19-2)4-5-13(12)18-14(11)7-9/h4-5,8-9,18H,3,6-7H2,1-2H3,(H2,16,17,20). The van der Waals surface area contributed by atoms with E-state index in [1.54, 1.807) is 7.11 Å². The van der Waals surface area contributed by atoms with Gasteiger partial charge in [-0.25, -0.2) is 0 Å². The van der Waals surface area contributed by atoms with Gasteiger partial charge in [0.15, 0.2) is 5.11 Å². The molecule has 0 saturated heterocycles. The molecule has 1 aliphatic carbocycles. The van der Waals surface area contributed by atoms with Crippen LogP contribution in [0.3, 0.4) is 0 Å². The molecule has 106 valence electrons. The molecule has 1 unspecified atom stereocenters. The minimum atomic E-state index is 0.374. The van der Waals surface area contributed by atoms with Crippen LogP contribution in [0.2, 0.25) is 0 Å². The third-order valence-electron chi connectivity index (χ3n) is 3.78. The van der Waals surface area contributed by atoms with Crippen LogP contribution >= 0.6 is 12.2 Å². The van der Waals surface area contributed by atoms with Gasteiger partial charge in [-0.2, -0.15) is 0 Å². The van der Waals surface area contributed by atoms with Crippen molar-refractivity contribution in [2.45, 2.75) is 25.8 Å². The van der Waals surface area contributed by atoms with Gasteiger partial charge in [0.1, 0.15) is 5.75 Å². The second-order valence-electron chi connectivity index (χ2n) is 5.10. The van der Waals surface area contributed by atoms with Gasteiger partial charge in [0.25, 0.3) is 0 Å². The molecule has 0 amide bonds. The van der Waals surface area contributed by atoms with Crippen molar-refractivity contribution in [3.8, 4) is 5.75 Å². The molecule has 5 heteroatoms. The highest BCUT2D eigenvalue weighted by molar-refractivity contribution is 7.80. The van der Waals surface area contributed by atoms with Gasteiger partial charge in [-0.05, 0) is 49.3 Å². The van der Waals surface area contributed by atoms with E-state index in [0.717, 1.165) is 30.2 Å². The van der Waals surface area contributed by atoms with Gasteiger partial charge >= 0.3 is 0 Å². The van der Waals surface area contributed by atoms with Gasteiger partial charge in [0, 0.05) is 35.6 Å². The number of hydrogen-bond donors (Lipinski definition) is 3. The monoisotopic (exact) mass is 289 g/mol. The van der Waals surface area contributed by atoms with Crippen molar-refractivity contribution >= 4 is 28.2 Å². The molecular weight excluding hydrogens is 270 g/mol. The van der Waals surface area contributed by atoms with Crippen LogP contribution < -0.4 is 15.4 Å². The van der Waals surface area contributed by atoms with Crippen molar-refractivity contribution in [2.24, 2.45) is 0 Å². The number of aromatic nitrogens is 1. The van der Waals surface area contributed by atoms with Crippen LogP contribution in [-0.4, -0.2) is 29.8 Å². The molecule has 2 aromatic rings. The lowest BCUT2D eigenvalue weighted by Gasteiger charge is -2.15. The fourth-order valence-corrected chi connectivity index (χ4v) is 3.19. The van der Waals surface area contributed by atoms with E-state index in [1.165, 1.54) is 22.2 Å². The first-order valence-corrected chi connectivity index (χ1v) is 7.34. The van der Waals surface area contributed by atoms with Crippen LogP contribution in [0.5, 0.6) is 5.75 Å². The summed E-state index contributed by atoms with van der Waals surface area (Å²) in [5, 5.41) is 8.51. The highest BCUT2D eigenvalue weighted by Crippen LogP contribution is 2.32. The fraction of sp³-hybridized carbons (Fsp3) is 0.400. The van der Waals surface area contributed by atoms with E-state index < -0.39 is 0 Å². The third-order valence-corrected chi connectivity index (χ3v) is 4.04. The predicted octanol–water partition coefficient (Wildman–Crippen LogP) is 2.13. The Kier molecular flexibility index (Phi) is 3.53. The molecule has 20 heavy (non-hydrogen) atoms. The number of aromatic amines is 1. The number of rotatable bonds is 3. The molecule has 0 radical (unpaired) electrons. The summed E-state index contributed by atoms with van der Waals surface area (Å²) < 4.78 is 5.31. The second-order valence-corrected chi connectivity index (χ2v) is 5.51. The van der Waals surface area contributed by atoms with Crippen LogP contribution in [0, 0.1) is 0 Å². The van der Waals surface area contributed by atoms with Crippen molar-refractivity contribution in [1.29, 1.82) is 0 Å². The Labute approximate surface area is 123 Å². The molecule has 1 aromatic carbocycles. The number of thiocarbonyl (C=S) groups is 1. The summed E-state index contributed by atoms with van der Waals surface area (Å²) >= 11 is 5.26. The molecule has 0 spiro atoms. The van der Waals surface area contributed by atoms with Crippen LogP contribution in [-0.2, 0) is 12.8 Å². The van der Waals surface area contributed by atoms with Gasteiger partial charge in [0.2, 0.25) is 0 Å². The van der Waals surface area contributed by atoms with Crippen LogP contribution in [0.4, 0.5) is 0 Å². The van der Waals surface area contributed by atoms with Gasteiger partial charge in [-0.3, -0.25) is 0 Å². The van der Waals surface area contributed by atoms with E-state index in [9.17, 15) is 0 Å². The minimum Gasteiger partial charge on any atom is -0.497 e. The topological polar surface area (TPSA) is 49.1 Å². The smallest absolute Gasteiger partial charge is 0.166 e. The van der Waals surface area contributed by atoms with E-state index in [0.29, 0.717) is 6.04 Å². The predicted molar refractivity (Wildman–Crippen MR) is 85.5 cm³/mol. The molecule has 0 bridgehead atoms. The summed E-state index contributed by atoms with van der Waals surface area (Å²) in [7, 11) is 1.70. The van der Waals surface area contributed by atoms with Gasteiger partial charge in [0.05, 0.1) is 7.11 Å². The highest BCUT2D eigenvalue weighted by atomic mass is 32.1. The Morgan fingerprint density at radius 3 is 3.05 bits per heavy atom. The largest absolute Gasteiger partial charge is 0.497 e. The lowest BCUT2D eigenvalue weighted by Crippen LogP contribution is -2.42. The lowest BCUT2D eigenvalue weighted by molar-refractivity contribution is 0.415. The SMILES string of the molecule is CCNC(=S)NC1Cc2[nH]c3ccc(OC)cc3c2C1. The first kappa shape index (κ1) is 13.2. The van der Waals surface area contributed by atoms with Gasteiger partial charge in [-0.1, -0.05) is 0 Å². The normalized spacial score (nSPS) is 17.0. The summed E-state index contributed by atoms with van der Waals surface area (Å²) in [6, 6.07) is 6.55. The molecule has 0 fully saturated rings. The van der Waals surface area contributed by atoms with E-state index >= 15 is 0 Å². The molecule has 3 rings (SSSR count). The molecular formula is C15H19N3OS. The Morgan fingerprint density at radius 1 is 1.45 bits per heavy atom. The molecule has 4 nitrogen and oxygen atoms in total. The molecule has 1 aromatic heterocycles. The lowest BCUT2D eigenvalue weighted by atomic mass is 10.1. The first-order chi connectivity index (χ1) is 9.71. The van der Waals surface area contributed by atoms with E-state index in [-0.39, 0.29) is 0 Å².